The zero-order valence-electron chi connectivity index (χ0n) is 14.5. The highest BCUT2D eigenvalue weighted by atomic mass is 19.1. The number of amides is 2. The molecule has 1 aliphatic heterocycles. The van der Waals surface area contributed by atoms with E-state index in [0.717, 1.165) is 30.9 Å². The molecule has 2 aromatic rings. The van der Waals surface area contributed by atoms with Gasteiger partial charge in [-0.15, -0.1) is 0 Å². The first-order chi connectivity index (χ1) is 13.0. The van der Waals surface area contributed by atoms with Crippen molar-refractivity contribution in [2.75, 3.05) is 43.1 Å². The molecule has 1 fully saturated rings. The summed E-state index contributed by atoms with van der Waals surface area (Å²) in [5, 5.41) is 4.96. The van der Waals surface area contributed by atoms with Gasteiger partial charge in [0.05, 0.1) is 25.3 Å². The van der Waals surface area contributed by atoms with Crippen molar-refractivity contribution in [2.24, 2.45) is 0 Å². The molecule has 2 aromatic carbocycles. The first-order valence-electron chi connectivity index (χ1n) is 8.49. The van der Waals surface area contributed by atoms with E-state index in [2.05, 4.69) is 15.5 Å². The standard InChI is InChI=1S/C19H19F2N3O3/c20-13-1-6-16(17(21)11-13)19(26)22-12-18(25)23-14-2-4-15(5-3-14)24-7-9-27-10-8-24/h1-6,11H,7-10,12H2,(H,22,26)(H,23,25). The van der Waals surface area contributed by atoms with Gasteiger partial charge in [-0.2, -0.15) is 0 Å². The molecule has 0 radical (unpaired) electrons. The van der Waals surface area contributed by atoms with Gasteiger partial charge in [0.1, 0.15) is 11.6 Å². The molecular weight excluding hydrogens is 356 g/mol. The van der Waals surface area contributed by atoms with Gasteiger partial charge < -0.3 is 20.3 Å². The molecule has 8 heteroatoms. The fourth-order valence-electron chi connectivity index (χ4n) is 2.71. The van der Waals surface area contributed by atoms with E-state index in [-0.39, 0.29) is 12.1 Å². The van der Waals surface area contributed by atoms with Gasteiger partial charge in [0.2, 0.25) is 5.91 Å². The number of carbonyl (C=O) groups excluding carboxylic acids is 2. The number of ether oxygens (including phenoxy) is 1. The second-order valence-electron chi connectivity index (χ2n) is 6.00. The fourth-order valence-corrected chi connectivity index (χ4v) is 2.71. The number of nitrogens with zero attached hydrogens (tertiary/aromatic N) is 1. The molecule has 2 amide bonds. The molecule has 1 heterocycles. The summed E-state index contributed by atoms with van der Waals surface area (Å²) in [4.78, 5) is 26.0. The zero-order chi connectivity index (χ0) is 19.2. The van der Waals surface area contributed by atoms with Crippen molar-refractivity contribution in [1.29, 1.82) is 0 Å². The van der Waals surface area contributed by atoms with Crippen molar-refractivity contribution in [1.82, 2.24) is 5.32 Å². The largest absolute Gasteiger partial charge is 0.378 e. The second-order valence-corrected chi connectivity index (χ2v) is 6.00. The van der Waals surface area contributed by atoms with Crippen LogP contribution < -0.4 is 15.5 Å². The maximum Gasteiger partial charge on any atom is 0.254 e. The van der Waals surface area contributed by atoms with Gasteiger partial charge in [0, 0.05) is 30.5 Å². The van der Waals surface area contributed by atoms with Crippen LogP contribution in [0.25, 0.3) is 0 Å². The Hall–Kier alpha value is -3.00. The average molecular weight is 375 g/mol. The monoisotopic (exact) mass is 375 g/mol. The number of hydrogen-bond acceptors (Lipinski definition) is 4. The number of nitrogens with one attached hydrogen (secondary N) is 2. The third-order valence-electron chi connectivity index (χ3n) is 4.11. The Morgan fingerprint density at radius 2 is 1.74 bits per heavy atom. The minimum atomic E-state index is -0.980. The molecule has 0 saturated carbocycles. The molecule has 0 unspecified atom stereocenters. The van der Waals surface area contributed by atoms with Crippen LogP contribution in [0.1, 0.15) is 10.4 Å². The lowest BCUT2D eigenvalue weighted by Crippen LogP contribution is -2.36. The predicted octanol–water partition coefficient (Wildman–Crippen LogP) is 2.17. The maximum absolute atomic E-state index is 13.6. The van der Waals surface area contributed by atoms with E-state index < -0.39 is 23.4 Å². The van der Waals surface area contributed by atoms with Crippen LogP contribution in [0.3, 0.4) is 0 Å². The van der Waals surface area contributed by atoms with Crippen LogP contribution in [0.15, 0.2) is 42.5 Å². The Bertz CT molecular complexity index is 821. The van der Waals surface area contributed by atoms with Gasteiger partial charge in [0.25, 0.3) is 5.91 Å². The van der Waals surface area contributed by atoms with E-state index in [4.69, 9.17) is 4.74 Å². The number of morpholine rings is 1. The van der Waals surface area contributed by atoms with Gasteiger partial charge in [-0.05, 0) is 36.4 Å². The summed E-state index contributed by atoms with van der Waals surface area (Å²) in [6, 6.07) is 9.95. The molecule has 6 nitrogen and oxygen atoms in total. The molecule has 0 atom stereocenters. The van der Waals surface area contributed by atoms with E-state index in [1.54, 1.807) is 12.1 Å². The predicted molar refractivity (Wildman–Crippen MR) is 96.8 cm³/mol. The lowest BCUT2D eigenvalue weighted by atomic mass is 10.2. The van der Waals surface area contributed by atoms with Gasteiger partial charge >= 0.3 is 0 Å². The highest BCUT2D eigenvalue weighted by Gasteiger charge is 2.14. The Morgan fingerprint density at radius 1 is 1.04 bits per heavy atom. The Kier molecular flexibility index (Phi) is 5.97. The number of hydrogen-bond donors (Lipinski definition) is 2. The molecule has 2 N–H and O–H groups in total. The van der Waals surface area contributed by atoms with Gasteiger partial charge in [-0.3, -0.25) is 9.59 Å². The van der Waals surface area contributed by atoms with Crippen molar-refractivity contribution in [3.05, 3.63) is 59.7 Å². The SMILES string of the molecule is O=C(CNC(=O)c1ccc(F)cc1F)Nc1ccc(N2CCOCC2)cc1. The van der Waals surface area contributed by atoms with Crippen molar-refractivity contribution in [2.45, 2.75) is 0 Å². The first kappa shape index (κ1) is 18.8. The van der Waals surface area contributed by atoms with Crippen LogP contribution in [0, 0.1) is 11.6 Å². The van der Waals surface area contributed by atoms with Crippen LogP contribution in [-0.2, 0) is 9.53 Å². The van der Waals surface area contributed by atoms with Crippen LogP contribution in [-0.4, -0.2) is 44.7 Å². The minimum Gasteiger partial charge on any atom is -0.378 e. The topological polar surface area (TPSA) is 70.7 Å². The number of benzene rings is 2. The molecule has 0 aromatic heterocycles. The summed E-state index contributed by atoms with van der Waals surface area (Å²) in [7, 11) is 0. The van der Waals surface area contributed by atoms with Gasteiger partial charge in [-0.25, -0.2) is 8.78 Å². The van der Waals surface area contributed by atoms with E-state index in [0.29, 0.717) is 25.0 Å². The highest BCUT2D eigenvalue weighted by Crippen LogP contribution is 2.19. The third kappa shape index (κ3) is 5.01. The maximum atomic E-state index is 13.6. The van der Waals surface area contributed by atoms with Gasteiger partial charge in [-0.1, -0.05) is 0 Å². The van der Waals surface area contributed by atoms with E-state index >= 15 is 0 Å². The van der Waals surface area contributed by atoms with Crippen LogP contribution >= 0.6 is 0 Å². The minimum absolute atomic E-state index is 0.320. The quantitative estimate of drug-likeness (QED) is 0.840. The smallest absolute Gasteiger partial charge is 0.254 e. The molecule has 0 aliphatic carbocycles. The third-order valence-corrected chi connectivity index (χ3v) is 4.11. The Balaban J connectivity index is 1.50. The molecule has 142 valence electrons. The highest BCUT2D eigenvalue weighted by molar-refractivity contribution is 5.99. The zero-order valence-corrected chi connectivity index (χ0v) is 14.5. The van der Waals surface area contributed by atoms with E-state index in [9.17, 15) is 18.4 Å². The normalized spacial score (nSPS) is 13.9. The molecule has 0 spiro atoms. The van der Waals surface area contributed by atoms with Gasteiger partial charge in [0.15, 0.2) is 0 Å². The summed E-state index contributed by atoms with van der Waals surface area (Å²) in [6.45, 7) is 2.68. The fraction of sp³-hybridized carbons (Fsp3) is 0.263. The second kappa shape index (κ2) is 8.59. The molecule has 1 saturated heterocycles. The lowest BCUT2D eigenvalue weighted by molar-refractivity contribution is -0.115. The van der Waals surface area contributed by atoms with Crippen molar-refractivity contribution < 1.29 is 23.1 Å². The molecule has 0 bridgehead atoms. The van der Waals surface area contributed by atoms with Crippen molar-refractivity contribution >= 4 is 23.2 Å². The van der Waals surface area contributed by atoms with Crippen LogP contribution in [0.5, 0.6) is 0 Å². The average Bonchev–Trinajstić information content (AvgIpc) is 2.67. The van der Waals surface area contributed by atoms with E-state index in [1.807, 2.05) is 12.1 Å². The Labute approximate surface area is 155 Å². The first-order valence-corrected chi connectivity index (χ1v) is 8.49. The summed E-state index contributed by atoms with van der Waals surface area (Å²) in [5.41, 5.74) is 1.30. The number of anilines is 2. The van der Waals surface area contributed by atoms with Crippen LogP contribution in [0.4, 0.5) is 20.2 Å². The van der Waals surface area contributed by atoms with Crippen LogP contribution in [0.2, 0.25) is 0 Å². The summed E-state index contributed by atoms with van der Waals surface area (Å²) >= 11 is 0. The molecular formula is C19H19F2N3O3. The molecule has 27 heavy (non-hydrogen) atoms. The number of carbonyl (C=O) groups is 2. The summed E-state index contributed by atoms with van der Waals surface area (Å²) < 4.78 is 31.7. The van der Waals surface area contributed by atoms with E-state index in [1.165, 1.54) is 0 Å². The number of halogens is 2. The van der Waals surface area contributed by atoms with Crippen molar-refractivity contribution in [3.8, 4) is 0 Å². The lowest BCUT2D eigenvalue weighted by Gasteiger charge is -2.28. The Morgan fingerprint density at radius 3 is 2.41 bits per heavy atom. The number of rotatable bonds is 5. The summed E-state index contributed by atoms with van der Waals surface area (Å²) in [5.74, 6) is -3.00. The molecule has 1 aliphatic rings. The summed E-state index contributed by atoms with van der Waals surface area (Å²) in [6.07, 6.45) is 0. The van der Waals surface area contributed by atoms with Crippen molar-refractivity contribution in [3.63, 3.8) is 0 Å². The molecule has 3 rings (SSSR count).